The van der Waals surface area contributed by atoms with Crippen LogP contribution in [0.5, 0.6) is 5.75 Å². The van der Waals surface area contributed by atoms with Gasteiger partial charge < -0.3 is 10.1 Å². The van der Waals surface area contributed by atoms with Gasteiger partial charge in [-0.25, -0.2) is 0 Å². The van der Waals surface area contributed by atoms with Crippen molar-refractivity contribution in [2.45, 2.75) is 0 Å². The van der Waals surface area contributed by atoms with Crippen LogP contribution < -0.4 is 10.1 Å². The molecule has 0 saturated carbocycles. The van der Waals surface area contributed by atoms with Gasteiger partial charge in [-0.1, -0.05) is 6.07 Å². The largest absolute Gasteiger partial charge is 0.495 e. The van der Waals surface area contributed by atoms with E-state index < -0.39 is 0 Å². The molecule has 0 aliphatic carbocycles. The summed E-state index contributed by atoms with van der Waals surface area (Å²) in [6.45, 7) is 0. The minimum absolute atomic E-state index is 0.0658. The first-order chi connectivity index (χ1) is 6.69. The predicted octanol–water partition coefficient (Wildman–Crippen LogP) is 2.64. The van der Waals surface area contributed by atoms with Crippen molar-refractivity contribution in [2.24, 2.45) is 0 Å². The molecule has 76 valence electrons. The number of carbonyl (C=O) groups excluding carboxylic acids is 1. The van der Waals surface area contributed by atoms with Gasteiger partial charge in [0.2, 0.25) is 5.91 Å². The number of amides is 1. The number of benzene rings is 1. The fraction of sp³-hybridized carbons (Fsp3) is 0.222. The Labute approximate surface area is 95.5 Å². The zero-order chi connectivity index (χ0) is 10.6. The first-order valence-electron chi connectivity index (χ1n) is 3.87. The standard InChI is InChI=1S/C9H9BrClNO2/c1-14-7-4-2-3-6(9(7)10)12-8(13)5-11/h2-4H,5H2,1H3,(H,12,13). The lowest BCUT2D eigenvalue weighted by molar-refractivity contribution is -0.113. The Morgan fingerprint density at radius 2 is 2.36 bits per heavy atom. The Kier molecular flexibility index (Phi) is 4.22. The molecule has 1 aromatic rings. The van der Waals surface area contributed by atoms with E-state index in [2.05, 4.69) is 21.2 Å². The van der Waals surface area contributed by atoms with Gasteiger partial charge in [-0.05, 0) is 28.1 Å². The highest BCUT2D eigenvalue weighted by atomic mass is 79.9. The molecule has 0 radical (unpaired) electrons. The van der Waals surface area contributed by atoms with E-state index in [4.69, 9.17) is 16.3 Å². The molecule has 0 unspecified atom stereocenters. The molecule has 1 aromatic carbocycles. The lowest BCUT2D eigenvalue weighted by Gasteiger charge is -2.08. The summed E-state index contributed by atoms with van der Waals surface area (Å²) in [5.41, 5.74) is 0.648. The van der Waals surface area contributed by atoms with Crippen molar-refractivity contribution in [3.05, 3.63) is 22.7 Å². The zero-order valence-electron chi connectivity index (χ0n) is 7.51. The molecular weight excluding hydrogens is 269 g/mol. The van der Waals surface area contributed by atoms with Crippen LogP contribution in [0.1, 0.15) is 0 Å². The molecule has 5 heteroatoms. The molecule has 0 aliphatic rings. The lowest BCUT2D eigenvalue weighted by Crippen LogP contribution is -2.12. The molecule has 1 rings (SSSR count). The summed E-state index contributed by atoms with van der Waals surface area (Å²) in [5, 5.41) is 2.64. The maximum atomic E-state index is 11.0. The highest BCUT2D eigenvalue weighted by molar-refractivity contribution is 9.10. The first kappa shape index (κ1) is 11.3. The van der Waals surface area contributed by atoms with Crippen molar-refractivity contribution in [1.29, 1.82) is 0 Å². The van der Waals surface area contributed by atoms with Gasteiger partial charge in [0.1, 0.15) is 11.6 Å². The summed E-state index contributed by atoms with van der Waals surface area (Å²) in [6, 6.07) is 5.34. The zero-order valence-corrected chi connectivity index (χ0v) is 9.85. The van der Waals surface area contributed by atoms with Crippen molar-refractivity contribution in [1.82, 2.24) is 0 Å². The van der Waals surface area contributed by atoms with E-state index in [1.165, 1.54) is 0 Å². The summed E-state index contributed by atoms with van der Waals surface area (Å²) in [7, 11) is 1.56. The van der Waals surface area contributed by atoms with Crippen LogP contribution in [0.3, 0.4) is 0 Å². The minimum atomic E-state index is -0.249. The van der Waals surface area contributed by atoms with E-state index in [1.807, 2.05) is 0 Å². The Morgan fingerprint density at radius 1 is 1.64 bits per heavy atom. The molecule has 0 atom stereocenters. The van der Waals surface area contributed by atoms with Crippen LogP contribution in [0.25, 0.3) is 0 Å². The van der Waals surface area contributed by atoms with Crippen molar-refractivity contribution >= 4 is 39.1 Å². The molecule has 0 heterocycles. The molecular formula is C9H9BrClNO2. The number of hydrogen-bond acceptors (Lipinski definition) is 2. The fourth-order valence-corrected chi connectivity index (χ4v) is 1.54. The number of carbonyl (C=O) groups is 1. The molecule has 0 aliphatic heterocycles. The maximum Gasteiger partial charge on any atom is 0.239 e. The number of nitrogens with one attached hydrogen (secondary N) is 1. The van der Waals surface area contributed by atoms with Crippen molar-refractivity contribution in [2.75, 3.05) is 18.3 Å². The number of halogens is 2. The normalized spacial score (nSPS) is 9.64. The second-order valence-corrected chi connectivity index (χ2v) is 3.56. The number of rotatable bonds is 3. The first-order valence-corrected chi connectivity index (χ1v) is 5.20. The predicted molar refractivity (Wildman–Crippen MR) is 60.0 cm³/mol. The van der Waals surface area contributed by atoms with E-state index in [0.29, 0.717) is 15.9 Å². The molecule has 0 bridgehead atoms. The average Bonchev–Trinajstić information content (AvgIpc) is 2.21. The van der Waals surface area contributed by atoms with Crippen LogP contribution in [0.15, 0.2) is 22.7 Å². The van der Waals surface area contributed by atoms with E-state index in [9.17, 15) is 4.79 Å². The number of alkyl halides is 1. The van der Waals surface area contributed by atoms with Crippen LogP contribution in [-0.4, -0.2) is 18.9 Å². The Hall–Kier alpha value is -0.740. The van der Waals surface area contributed by atoms with E-state index in [0.717, 1.165) is 0 Å². The van der Waals surface area contributed by atoms with Crippen molar-refractivity contribution in [3.63, 3.8) is 0 Å². The number of methoxy groups -OCH3 is 1. The highest BCUT2D eigenvalue weighted by Gasteiger charge is 2.07. The van der Waals surface area contributed by atoms with Crippen LogP contribution in [0.2, 0.25) is 0 Å². The van der Waals surface area contributed by atoms with Gasteiger partial charge >= 0.3 is 0 Å². The molecule has 1 N–H and O–H groups in total. The smallest absolute Gasteiger partial charge is 0.239 e. The summed E-state index contributed by atoms with van der Waals surface area (Å²) >= 11 is 8.69. The second kappa shape index (κ2) is 5.22. The van der Waals surface area contributed by atoms with Crippen LogP contribution in [0, 0.1) is 0 Å². The van der Waals surface area contributed by atoms with Gasteiger partial charge in [-0.2, -0.15) is 0 Å². The Morgan fingerprint density at radius 3 is 2.93 bits per heavy atom. The third kappa shape index (κ3) is 2.62. The highest BCUT2D eigenvalue weighted by Crippen LogP contribution is 2.31. The second-order valence-electron chi connectivity index (χ2n) is 2.50. The van der Waals surface area contributed by atoms with Crippen molar-refractivity contribution in [3.8, 4) is 5.75 Å². The summed E-state index contributed by atoms with van der Waals surface area (Å²) < 4.78 is 5.78. The minimum Gasteiger partial charge on any atom is -0.495 e. The topological polar surface area (TPSA) is 38.3 Å². The van der Waals surface area contributed by atoms with Crippen molar-refractivity contribution < 1.29 is 9.53 Å². The van der Waals surface area contributed by atoms with E-state index in [-0.39, 0.29) is 11.8 Å². The van der Waals surface area contributed by atoms with Crippen LogP contribution >= 0.6 is 27.5 Å². The molecule has 1 amide bonds. The number of anilines is 1. The SMILES string of the molecule is COc1cccc(NC(=O)CCl)c1Br. The number of hydrogen-bond donors (Lipinski definition) is 1. The molecule has 3 nitrogen and oxygen atoms in total. The van der Waals surface area contributed by atoms with Gasteiger partial charge in [-0.3, -0.25) is 4.79 Å². The average molecular weight is 279 g/mol. The monoisotopic (exact) mass is 277 g/mol. The summed E-state index contributed by atoms with van der Waals surface area (Å²) in [4.78, 5) is 11.0. The molecule has 0 fully saturated rings. The Balaban J connectivity index is 2.92. The van der Waals surface area contributed by atoms with Gasteiger partial charge in [0.05, 0.1) is 17.3 Å². The number of ether oxygens (including phenoxy) is 1. The third-order valence-corrected chi connectivity index (χ3v) is 2.64. The lowest BCUT2D eigenvalue weighted by atomic mass is 10.3. The van der Waals surface area contributed by atoms with Crippen LogP contribution in [-0.2, 0) is 4.79 Å². The summed E-state index contributed by atoms with van der Waals surface area (Å²) in [6.07, 6.45) is 0. The maximum absolute atomic E-state index is 11.0. The molecule has 14 heavy (non-hydrogen) atoms. The fourth-order valence-electron chi connectivity index (χ4n) is 0.949. The molecule has 0 aromatic heterocycles. The van der Waals surface area contributed by atoms with Gasteiger partial charge in [0, 0.05) is 0 Å². The Bertz CT molecular complexity index is 344. The summed E-state index contributed by atoms with van der Waals surface area (Å²) in [5.74, 6) is 0.349. The molecule has 0 spiro atoms. The van der Waals surface area contributed by atoms with E-state index >= 15 is 0 Å². The third-order valence-electron chi connectivity index (χ3n) is 1.58. The quantitative estimate of drug-likeness (QED) is 0.863. The van der Waals surface area contributed by atoms with E-state index in [1.54, 1.807) is 25.3 Å². The van der Waals surface area contributed by atoms with Gasteiger partial charge in [0.15, 0.2) is 0 Å². The molecule has 0 saturated heterocycles. The van der Waals surface area contributed by atoms with Crippen LogP contribution in [0.4, 0.5) is 5.69 Å². The van der Waals surface area contributed by atoms with Gasteiger partial charge in [-0.15, -0.1) is 11.6 Å². The van der Waals surface area contributed by atoms with Gasteiger partial charge in [0.25, 0.3) is 0 Å².